The predicted molar refractivity (Wildman–Crippen MR) is 81.2 cm³/mol. The molecule has 1 aliphatic carbocycles. The molecule has 1 amide bonds. The maximum absolute atomic E-state index is 11.9. The van der Waals surface area contributed by atoms with E-state index in [-0.39, 0.29) is 5.91 Å². The Balaban J connectivity index is 1.54. The first-order valence-corrected chi connectivity index (χ1v) is 7.56. The highest BCUT2D eigenvalue weighted by atomic mass is 16.1. The second-order valence-electron chi connectivity index (χ2n) is 5.58. The summed E-state index contributed by atoms with van der Waals surface area (Å²) < 4.78 is 1.96. The lowest BCUT2D eigenvalue weighted by molar-refractivity contribution is -0.121. The van der Waals surface area contributed by atoms with E-state index >= 15 is 0 Å². The minimum absolute atomic E-state index is 0.127. The summed E-state index contributed by atoms with van der Waals surface area (Å²) in [4.78, 5) is 20.4. The number of nitrogens with zero attached hydrogens (tertiary/aromatic N) is 3. The Morgan fingerprint density at radius 1 is 1.43 bits per heavy atom. The number of amides is 1. The third kappa shape index (κ3) is 3.15. The van der Waals surface area contributed by atoms with Crippen molar-refractivity contribution in [3.05, 3.63) is 24.3 Å². The van der Waals surface area contributed by atoms with Crippen LogP contribution in [0.3, 0.4) is 0 Å². The van der Waals surface area contributed by atoms with Gasteiger partial charge in [-0.15, -0.1) is 0 Å². The molecule has 0 spiro atoms. The maximum Gasteiger partial charge on any atom is 0.221 e. The Kier molecular flexibility index (Phi) is 4.03. The van der Waals surface area contributed by atoms with E-state index < -0.39 is 0 Å². The molecule has 0 radical (unpaired) electrons. The Hall–Kier alpha value is -2.11. The second-order valence-corrected chi connectivity index (χ2v) is 5.58. The van der Waals surface area contributed by atoms with Crippen LogP contribution in [0.2, 0.25) is 0 Å². The summed E-state index contributed by atoms with van der Waals surface area (Å²) in [6.07, 6.45) is 10.5. The third-order valence-electron chi connectivity index (χ3n) is 3.97. The van der Waals surface area contributed by atoms with E-state index in [1.54, 1.807) is 12.4 Å². The van der Waals surface area contributed by atoms with Crippen molar-refractivity contribution in [1.29, 1.82) is 0 Å². The molecule has 0 aliphatic heterocycles. The van der Waals surface area contributed by atoms with Crippen molar-refractivity contribution < 1.29 is 4.79 Å². The molecule has 2 N–H and O–H groups in total. The van der Waals surface area contributed by atoms with Crippen LogP contribution in [0.25, 0.3) is 5.65 Å². The number of hydrogen-bond donors (Lipinski definition) is 2. The Morgan fingerprint density at radius 3 is 3.05 bits per heavy atom. The molecule has 0 unspecified atom stereocenters. The zero-order valence-corrected chi connectivity index (χ0v) is 12.3. The molecule has 6 heteroatoms. The van der Waals surface area contributed by atoms with Crippen LogP contribution < -0.4 is 10.6 Å². The first-order valence-electron chi connectivity index (χ1n) is 7.56. The number of aromatic nitrogens is 3. The number of carbonyl (C=O) groups excluding carboxylic acids is 1. The predicted octanol–water partition coefficient (Wildman–Crippen LogP) is 1.90. The maximum atomic E-state index is 11.9. The Labute approximate surface area is 124 Å². The van der Waals surface area contributed by atoms with E-state index in [2.05, 4.69) is 20.6 Å². The average molecular weight is 287 g/mol. The smallest absolute Gasteiger partial charge is 0.221 e. The quantitative estimate of drug-likeness (QED) is 0.881. The van der Waals surface area contributed by atoms with E-state index in [0.717, 1.165) is 30.0 Å². The monoisotopic (exact) mass is 287 g/mol. The van der Waals surface area contributed by atoms with Crippen LogP contribution in [0, 0.1) is 6.92 Å². The number of hydrogen-bond acceptors (Lipinski definition) is 4. The van der Waals surface area contributed by atoms with Gasteiger partial charge >= 0.3 is 0 Å². The van der Waals surface area contributed by atoms with Crippen LogP contribution in [0.1, 0.15) is 37.8 Å². The van der Waals surface area contributed by atoms with E-state index in [4.69, 9.17) is 0 Å². The molecule has 2 aromatic rings. The fourth-order valence-corrected chi connectivity index (χ4v) is 2.90. The van der Waals surface area contributed by atoms with Crippen molar-refractivity contribution in [1.82, 2.24) is 19.7 Å². The van der Waals surface area contributed by atoms with Crippen molar-refractivity contribution in [3.63, 3.8) is 0 Å². The molecule has 0 bridgehead atoms. The summed E-state index contributed by atoms with van der Waals surface area (Å²) in [7, 11) is 0. The molecule has 6 nitrogen and oxygen atoms in total. The summed E-state index contributed by atoms with van der Waals surface area (Å²) in [5.74, 6) is 1.06. The van der Waals surface area contributed by atoms with E-state index in [0.29, 0.717) is 19.0 Å². The number of imidazole rings is 1. The SMILES string of the molecule is Cc1nc2cnccn2c1NCCC(=O)NC1CCCC1. The van der Waals surface area contributed by atoms with Crippen molar-refractivity contribution in [3.8, 4) is 0 Å². The van der Waals surface area contributed by atoms with Gasteiger partial charge in [0.15, 0.2) is 5.65 Å². The van der Waals surface area contributed by atoms with Gasteiger partial charge in [0.05, 0.1) is 11.9 Å². The van der Waals surface area contributed by atoms with Gasteiger partial charge in [-0.3, -0.25) is 14.2 Å². The van der Waals surface area contributed by atoms with Crippen LogP contribution in [-0.2, 0) is 4.79 Å². The standard InChI is InChI=1S/C15H21N5O/c1-11-15(20-9-8-16-10-13(20)18-11)17-7-6-14(21)19-12-4-2-3-5-12/h8-10,12,17H,2-7H2,1H3,(H,19,21). The molecule has 1 saturated carbocycles. The minimum Gasteiger partial charge on any atom is -0.369 e. The normalized spacial score (nSPS) is 15.5. The van der Waals surface area contributed by atoms with Gasteiger partial charge in [-0.25, -0.2) is 4.98 Å². The molecule has 21 heavy (non-hydrogen) atoms. The molecule has 0 aromatic carbocycles. The third-order valence-corrected chi connectivity index (χ3v) is 3.97. The number of rotatable bonds is 5. The van der Waals surface area contributed by atoms with Crippen molar-refractivity contribution in [2.45, 2.75) is 45.1 Å². The van der Waals surface area contributed by atoms with Gasteiger partial charge < -0.3 is 10.6 Å². The molecule has 1 aliphatic rings. The van der Waals surface area contributed by atoms with E-state index in [1.807, 2.05) is 17.5 Å². The highest BCUT2D eigenvalue weighted by Gasteiger charge is 2.16. The average Bonchev–Trinajstić information content (AvgIpc) is 3.07. The second kappa shape index (κ2) is 6.11. The lowest BCUT2D eigenvalue weighted by Gasteiger charge is -2.12. The molecular weight excluding hydrogens is 266 g/mol. The molecule has 2 heterocycles. The molecule has 1 fully saturated rings. The molecule has 2 aromatic heterocycles. The van der Waals surface area contributed by atoms with Crippen LogP contribution in [0.5, 0.6) is 0 Å². The summed E-state index contributed by atoms with van der Waals surface area (Å²) in [6.45, 7) is 2.56. The summed E-state index contributed by atoms with van der Waals surface area (Å²) >= 11 is 0. The highest BCUT2D eigenvalue weighted by molar-refractivity contribution is 5.76. The van der Waals surface area contributed by atoms with Gasteiger partial charge in [0.25, 0.3) is 0 Å². The Morgan fingerprint density at radius 2 is 2.24 bits per heavy atom. The Bertz CT molecular complexity index is 630. The van der Waals surface area contributed by atoms with Crippen LogP contribution in [-0.4, -0.2) is 32.9 Å². The topological polar surface area (TPSA) is 71.3 Å². The molecule has 3 rings (SSSR count). The number of fused-ring (bicyclic) bond motifs is 1. The number of carbonyl (C=O) groups is 1. The number of aryl methyl sites for hydroxylation is 1. The van der Waals surface area contributed by atoms with Crippen LogP contribution >= 0.6 is 0 Å². The number of anilines is 1. The first-order chi connectivity index (χ1) is 10.2. The molecule has 0 saturated heterocycles. The van der Waals surface area contributed by atoms with Crippen molar-refractivity contribution in [2.24, 2.45) is 0 Å². The lowest BCUT2D eigenvalue weighted by Crippen LogP contribution is -2.33. The first kappa shape index (κ1) is 13.9. The van der Waals surface area contributed by atoms with Gasteiger partial charge in [-0.2, -0.15) is 0 Å². The molecule has 112 valence electrons. The zero-order valence-electron chi connectivity index (χ0n) is 12.3. The zero-order chi connectivity index (χ0) is 14.7. The summed E-state index contributed by atoms with van der Waals surface area (Å²) in [5, 5.41) is 6.40. The van der Waals surface area contributed by atoms with Gasteiger partial charge in [0.1, 0.15) is 5.82 Å². The summed E-state index contributed by atoms with van der Waals surface area (Å²) in [6, 6.07) is 0.390. The van der Waals surface area contributed by atoms with Gasteiger partial charge in [-0.1, -0.05) is 12.8 Å². The van der Waals surface area contributed by atoms with Crippen molar-refractivity contribution >= 4 is 17.4 Å². The van der Waals surface area contributed by atoms with E-state index in [1.165, 1.54) is 12.8 Å². The minimum atomic E-state index is 0.127. The highest BCUT2D eigenvalue weighted by Crippen LogP contribution is 2.18. The van der Waals surface area contributed by atoms with Crippen LogP contribution in [0.4, 0.5) is 5.82 Å². The molecule has 0 atom stereocenters. The van der Waals surface area contributed by atoms with Gasteiger partial charge in [0.2, 0.25) is 5.91 Å². The fraction of sp³-hybridized carbons (Fsp3) is 0.533. The van der Waals surface area contributed by atoms with Gasteiger partial charge in [-0.05, 0) is 19.8 Å². The van der Waals surface area contributed by atoms with Crippen LogP contribution in [0.15, 0.2) is 18.6 Å². The largest absolute Gasteiger partial charge is 0.369 e. The van der Waals surface area contributed by atoms with Crippen molar-refractivity contribution in [2.75, 3.05) is 11.9 Å². The summed E-state index contributed by atoms with van der Waals surface area (Å²) in [5.41, 5.74) is 1.73. The number of nitrogens with one attached hydrogen (secondary N) is 2. The fourth-order valence-electron chi connectivity index (χ4n) is 2.90. The van der Waals surface area contributed by atoms with Gasteiger partial charge in [0, 0.05) is 31.4 Å². The molecular formula is C15H21N5O. The van der Waals surface area contributed by atoms with E-state index in [9.17, 15) is 4.79 Å². The lowest BCUT2D eigenvalue weighted by atomic mass is 10.2.